The Bertz CT molecular complexity index is 984. The summed E-state index contributed by atoms with van der Waals surface area (Å²) in [5.41, 5.74) is 3.09. The highest BCUT2D eigenvalue weighted by Crippen LogP contribution is 2.50. The summed E-state index contributed by atoms with van der Waals surface area (Å²) in [4.78, 5) is 19.5. The maximum atomic E-state index is 12.8. The van der Waals surface area contributed by atoms with Crippen LogP contribution in [0.1, 0.15) is 56.8 Å². The number of carbonyl (C=O) groups is 1. The van der Waals surface area contributed by atoms with E-state index in [1.165, 1.54) is 12.8 Å². The van der Waals surface area contributed by atoms with Crippen LogP contribution in [0.5, 0.6) is 5.75 Å². The standard InChI is InChI=1S/C26H33N3O3/c1-16-5-4-6-24(27-16)28-25-17(2)26(19-7-8-19)29(18(3)30)23-10-9-21(15-22(23)25)32-20-11-13-31-14-12-20/h4-6,9-10,15,17,19-20,25-26H,7-8,11-14H2,1-3H3,(H,27,28)/t17-,25-,26-/m1/s1. The van der Waals surface area contributed by atoms with Crippen LogP contribution in [0.2, 0.25) is 0 Å². The van der Waals surface area contributed by atoms with E-state index in [1.807, 2.05) is 36.1 Å². The number of pyridine rings is 1. The van der Waals surface area contributed by atoms with Crippen LogP contribution < -0.4 is 15.0 Å². The third kappa shape index (κ3) is 4.20. The number of fused-ring (bicyclic) bond motifs is 1. The number of nitrogens with zero attached hydrogens (tertiary/aromatic N) is 2. The van der Waals surface area contributed by atoms with Gasteiger partial charge in [0.25, 0.3) is 0 Å². The topological polar surface area (TPSA) is 63.7 Å². The molecule has 3 heterocycles. The summed E-state index contributed by atoms with van der Waals surface area (Å²) < 4.78 is 11.8. The van der Waals surface area contributed by atoms with Crippen LogP contribution in [0.15, 0.2) is 36.4 Å². The zero-order valence-electron chi connectivity index (χ0n) is 19.2. The lowest BCUT2D eigenvalue weighted by atomic mass is 9.80. The summed E-state index contributed by atoms with van der Waals surface area (Å²) >= 11 is 0. The number of anilines is 2. The third-order valence-electron chi connectivity index (χ3n) is 7.06. The van der Waals surface area contributed by atoms with E-state index in [0.717, 1.165) is 54.6 Å². The van der Waals surface area contributed by atoms with Crippen molar-refractivity contribution in [2.75, 3.05) is 23.4 Å². The van der Waals surface area contributed by atoms with E-state index in [2.05, 4.69) is 24.4 Å². The van der Waals surface area contributed by atoms with Gasteiger partial charge in [0.1, 0.15) is 17.7 Å². The largest absolute Gasteiger partial charge is 0.490 e. The fourth-order valence-corrected chi connectivity index (χ4v) is 5.39. The number of rotatable bonds is 5. The van der Waals surface area contributed by atoms with Crippen LogP contribution in [0, 0.1) is 18.8 Å². The molecule has 6 nitrogen and oxygen atoms in total. The van der Waals surface area contributed by atoms with Crippen molar-refractivity contribution in [1.82, 2.24) is 4.98 Å². The second-order valence-electron chi connectivity index (χ2n) is 9.51. The number of aryl methyl sites for hydroxylation is 1. The van der Waals surface area contributed by atoms with Gasteiger partial charge >= 0.3 is 0 Å². The molecule has 3 atom stereocenters. The van der Waals surface area contributed by atoms with Crippen LogP contribution in [0.3, 0.4) is 0 Å². The van der Waals surface area contributed by atoms with Crippen LogP contribution in [0.4, 0.5) is 11.5 Å². The zero-order valence-corrected chi connectivity index (χ0v) is 19.2. The highest BCUT2D eigenvalue weighted by molar-refractivity contribution is 5.94. The first-order valence-corrected chi connectivity index (χ1v) is 11.9. The molecule has 1 saturated heterocycles. The second-order valence-corrected chi connectivity index (χ2v) is 9.51. The molecule has 1 N–H and O–H groups in total. The number of carbonyl (C=O) groups excluding carboxylic acids is 1. The van der Waals surface area contributed by atoms with Gasteiger partial charge in [-0.2, -0.15) is 0 Å². The summed E-state index contributed by atoms with van der Waals surface area (Å²) in [6, 6.07) is 12.5. The smallest absolute Gasteiger partial charge is 0.224 e. The number of ether oxygens (including phenoxy) is 2. The summed E-state index contributed by atoms with van der Waals surface area (Å²) in [5, 5.41) is 3.71. The molecule has 2 fully saturated rings. The van der Waals surface area contributed by atoms with Crippen molar-refractivity contribution in [3.8, 4) is 5.75 Å². The van der Waals surface area contributed by atoms with Crippen molar-refractivity contribution in [2.45, 2.75) is 64.6 Å². The number of hydrogen-bond acceptors (Lipinski definition) is 5. The van der Waals surface area contributed by atoms with Gasteiger partial charge in [-0.15, -0.1) is 0 Å². The van der Waals surface area contributed by atoms with Crippen LogP contribution >= 0.6 is 0 Å². The first-order valence-electron chi connectivity index (χ1n) is 11.9. The zero-order chi connectivity index (χ0) is 22.2. The first-order chi connectivity index (χ1) is 15.5. The van der Waals surface area contributed by atoms with Gasteiger partial charge in [-0.3, -0.25) is 4.79 Å². The molecule has 1 amide bonds. The van der Waals surface area contributed by atoms with E-state index in [0.29, 0.717) is 5.92 Å². The minimum absolute atomic E-state index is 0.0544. The van der Waals surface area contributed by atoms with Crippen LogP contribution in [-0.2, 0) is 9.53 Å². The quantitative estimate of drug-likeness (QED) is 0.725. The van der Waals surface area contributed by atoms with Gasteiger partial charge in [-0.1, -0.05) is 13.0 Å². The van der Waals surface area contributed by atoms with E-state index < -0.39 is 0 Å². The predicted octanol–water partition coefficient (Wildman–Crippen LogP) is 4.88. The van der Waals surface area contributed by atoms with E-state index >= 15 is 0 Å². The highest BCUT2D eigenvalue weighted by atomic mass is 16.5. The summed E-state index contributed by atoms with van der Waals surface area (Å²) in [6.45, 7) is 7.46. The molecule has 0 unspecified atom stereocenters. The van der Waals surface area contributed by atoms with Crippen LogP contribution in [-0.4, -0.2) is 36.3 Å². The lowest BCUT2D eigenvalue weighted by Gasteiger charge is -2.46. The average Bonchev–Trinajstić information content (AvgIpc) is 3.61. The normalized spacial score (nSPS) is 25.8. The molecule has 0 spiro atoms. The molecule has 2 aliphatic heterocycles. The average molecular weight is 436 g/mol. The predicted molar refractivity (Wildman–Crippen MR) is 125 cm³/mol. The summed E-state index contributed by atoms with van der Waals surface area (Å²) in [6.07, 6.45) is 4.37. The minimum Gasteiger partial charge on any atom is -0.490 e. The Kier molecular flexibility index (Phi) is 5.80. The second kappa shape index (κ2) is 8.74. The van der Waals surface area contributed by atoms with Gasteiger partial charge in [-0.05, 0) is 56.0 Å². The Hall–Kier alpha value is -2.60. The van der Waals surface area contributed by atoms with Gasteiger partial charge in [-0.25, -0.2) is 4.98 Å². The monoisotopic (exact) mass is 435 g/mol. The van der Waals surface area contributed by atoms with Crippen molar-refractivity contribution in [2.24, 2.45) is 11.8 Å². The fraction of sp³-hybridized carbons (Fsp3) is 0.538. The Morgan fingerprint density at radius 1 is 1.16 bits per heavy atom. The molecule has 3 aliphatic rings. The third-order valence-corrected chi connectivity index (χ3v) is 7.06. The molecule has 2 aromatic rings. The maximum Gasteiger partial charge on any atom is 0.224 e. The van der Waals surface area contributed by atoms with E-state index in [9.17, 15) is 4.79 Å². The van der Waals surface area contributed by atoms with E-state index in [1.54, 1.807) is 6.92 Å². The summed E-state index contributed by atoms with van der Waals surface area (Å²) in [7, 11) is 0. The Morgan fingerprint density at radius 2 is 1.94 bits per heavy atom. The minimum atomic E-state index is 0.0544. The lowest BCUT2D eigenvalue weighted by Crippen LogP contribution is -2.51. The van der Waals surface area contributed by atoms with Crippen molar-refractivity contribution >= 4 is 17.4 Å². The van der Waals surface area contributed by atoms with Gasteiger partial charge in [0.15, 0.2) is 0 Å². The maximum absolute atomic E-state index is 12.8. The van der Waals surface area contributed by atoms with Crippen molar-refractivity contribution in [3.05, 3.63) is 47.7 Å². The molecule has 0 bridgehead atoms. The van der Waals surface area contributed by atoms with Gasteiger partial charge in [0.2, 0.25) is 5.91 Å². The molecule has 32 heavy (non-hydrogen) atoms. The van der Waals surface area contributed by atoms with E-state index in [-0.39, 0.29) is 30.0 Å². The number of hydrogen-bond donors (Lipinski definition) is 1. The van der Waals surface area contributed by atoms with Gasteiger partial charge in [0, 0.05) is 48.7 Å². The fourth-order valence-electron chi connectivity index (χ4n) is 5.39. The molecule has 5 rings (SSSR count). The Balaban J connectivity index is 1.53. The van der Waals surface area contributed by atoms with Crippen molar-refractivity contribution < 1.29 is 14.3 Å². The molecule has 170 valence electrons. The number of aromatic nitrogens is 1. The molecule has 1 aromatic heterocycles. The molecular weight excluding hydrogens is 402 g/mol. The first kappa shape index (κ1) is 21.3. The van der Waals surface area contributed by atoms with Gasteiger partial charge in [0.05, 0.1) is 19.3 Å². The lowest BCUT2D eigenvalue weighted by molar-refractivity contribution is -0.117. The number of nitrogens with one attached hydrogen (secondary N) is 1. The molecule has 1 aliphatic carbocycles. The van der Waals surface area contributed by atoms with Crippen molar-refractivity contribution in [1.29, 1.82) is 0 Å². The number of benzene rings is 1. The highest BCUT2D eigenvalue weighted by Gasteiger charge is 2.47. The Labute approximate surface area is 190 Å². The van der Waals surface area contributed by atoms with Crippen molar-refractivity contribution in [3.63, 3.8) is 0 Å². The molecular formula is C26H33N3O3. The van der Waals surface area contributed by atoms with Crippen LogP contribution in [0.25, 0.3) is 0 Å². The molecule has 1 aromatic carbocycles. The SMILES string of the molecule is CC(=O)N1c2ccc(OC3CCOCC3)cc2[C@H](Nc2cccc(C)n2)[C@@H](C)[C@@H]1C1CC1. The molecule has 1 saturated carbocycles. The summed E-state index contributed by atoms with van der Waals surface area (Å²) in [5.74, 6) is 2.66. The van der Waals surface area contributed by atoms with Gasteiger partial charge < -0.3 is 19.7 Å². The Morgan fingerprint density at radius 3 is 2.62 bits per heavy atom. The number of amides is 1. The molecule has 0 radical (unpaired) electrons. The molecule has 6 heteroatoms. The van der Waals surface area contributed by atoms with E-state index in [4.69, 9.17) is 14.5 Å².